The first-order chi connectivity index (χ1) is 7.27. The van der Waals surface area contributed by atoms with Gasteiger partial charge in [0.15, 0.2) is 0 Å². The molecule has 0 unspecified atom stereocenters. The number of methoxy groups -OCH3 is 1. The van der Waals surface area contributed by atoms with Crippen LogP contribution in [0.4, 0.5) is 13.2 Å². The van der Waals surface area contributed by atoms with Gasteiger partial charge in [0.2, 0.25) is 0 Å². The van der Waals surface area contributed by atoms with Gasteiger partial charge in [-0.25, -0.2) is 9.78 Å². The average molecular weight is 233 g/mol. The quantitative estimate of drug-likeness (QED) is 0.699. The summed E-state index contributed by atoms with van der Waals surface area (Å²) in [5.74, 6) is -0.693. The second-order valence-electron chi connectivity index (χ2n) is 3.28. The van der Waals surface area contributed by atoms with Crippen LogP contribution < -0.4 is 0 Å². The Balaban J connectivity index is 3.33. The summed E-state index contributed by atoms with van der Waals surface area (Å²) < 4.78 is 41.8. The predicted molar refractivity (Wildman–Crippen MR) is 50.1 cm³/mol. The van der Waals surface area contributed by atoms with E-state index in [9.17, 15) is 18.0 Å². The van der Waals surface area contributed by atoms with Gasteiger partial charge < -0.3 is 4.74 Å². The van der Waals surface area contributed by atoms with Crippen LogP contribution in [0, 0.1) is 13.8 Å². The molecule has 0 fully saturated rings. The van der Waals surface area contributed by atoms with Gasteiger partial charge in [-0.1, -0.05) is 0 Å². The van der Waals surface area contributed by atoms with Crippen LogP contribution in [0.25, 0.3) is 0 Å². The molecule has 6 heteroatoms. The van der Waals surface area contributed by atoms with Crippen molar-refractivity contribution >= 4 is 5.97 Å². The Morgan fingerprint density at radius 2 is 1.94 bits per heavy atom. The lowest BCUT2D eigenvalue weighted by atomic mass is 10.1. The lowest BCUT2D eigenvalue weighted by molar-refractivity contribution is -0.141. The number of alkyl halides is 3. The number of esters is 1. The molecule has 0 radical (unpaired) electrons. The molecule has 0 aliphatic heterocycles. The zero-order valence-electron chi connectivity index (χ0n) is 8.97. The Morgan fingerprint density at radius 3 is 2.38 bits per heavy atom. The van der Waals surface area contributed by atoms with E-state index >= 15 is 0 Å². The first-order valence-corrected chi connectivity index (χ1v) is 4.41. The minimum absolute atomic E-state index is 0.00442. The number of hydrogen-bond donors (Lipinski definition) is 0. The van der Waals surface area contributed by atoms with Crippen LogP contribution in [-0.4, -0.2) is 18.1 Å². The Labute approximate surface area is 90.2 Å². The van der Waals surface area contributed by atoms with Crippen molar-refractivity contribution in [2.24, 2.45) is 0 Å². The van der Waals surface area contributed by atoms with Gasteiger partial charge in [0, 0.05) is 0 Å². The summed E-state index contributed by atoms with van der Waals surface area (Å²) in [6.07, 6.45) is -4.51. The molecule has 0 atom stereocenters. The number of aromatic nitrogens is 1. The molecule has 1 heterocycles. The largest absolute Gasteiger partial charge is 0.465 e. The molecule has 88 valence electrons. The van der Waals surface area contributed by atoms with Gasteiger partial charge in [-0.3, -0.25) is 0 Å². The number of carbonyl (C=O) groups excluding carboxylic acids is 1. The highest BCUT2D eigenvalue weighted by Crippen LogP contribution is 2.31. The van der Waals surface area contributed by atoms with Crippen LogP contribution in [0.3, 0.4) is 0 Å². The normalized spacial score (nSPS) is 11.4. The number of ether oxygens (including phenoxy) is 1. The standard InChI is InChI=1S/C10H10F3NO2/c1-5-4-7(9(15)16-3)6(2)14-8(5)10(11,12)13/h4H,1-3H3. The summed E-state index contributed by atoms with van der Waals surface area (Å²) in [5.41, 5.74) is -1.02. The Kier molecular flexibility index (Phi) is 3.21. The van der Waals surface area contributed by atoms with E-state index in [0.29, 0.717) is 0 Å². The van der Waals surface area contributed by atoms with Crippen LogP contribution >= 0.6 is 0 Å². The highest BCUT2D eigenvalue weighted by atomic mass is 19.4. The van der Waals surface area contributed by atoms with Crippen molar-refractivity contribution in [3.05, 3.63) is 28.6 Å². The first-order valence-electron chi connectivity index (χ1n) is 4.41. The van der Waals surface area contributed by atoms with Crippen LogP contribution in [0.1, 0.15) is 27.3 Å². The van der Waals surface area contributed by atoms with Gasteiger partial charge >= 0.3 is 12.1 Å². The lowest BCUT2D eigenvalue weighted by Gasteiger charge is -2.12. The van der Waals surface area contributed by atoms with Crippen molar-refractivity contribution in [2.45, 2.75) is 20.0 Å². The van der Waals surface area contributed by atoms with Crippen molar-refractivity contribution in [3.8, 4) is 0 Å². The van der Waals surface area contributed by atoms with Gasteiger partial charge in [-0.15, -0.1) is 0 Å². The number of carbonyl (C=O) groups is 1. The molecule has 0 saturated carbocycles. The fourth-order valence-corrected chi connectivity index (χ4v) is 1.31. The van der Waals surface area contributed by atoms with E-state index in [2.05, 4.69) is 9.72 Å². The average Bonchev–Trinajstić information content (AvgIpc) is 2.18. The number of rotatable bonds is 1. The van der Waals surface area contributed by atoms with Crippen LogP contribution in [0.15, 0.2) is 6.07 Å². The SMILES string of the molecule is COC(=O)c1cc(C)c(C(F)(F)F)nc1C. The minimum Gasteiger partial charge on any atom is -0.465 e. The summed E-state index contributed by atoms with van der Waals surface area (Å²) in [6.45, 7) is 2.59. The van der Waals surface area contributed by atoms with Crippen LogP contribution in [-0.2, 0) is 10.9 Å². The van der Waals surface area contributed by atoms with E-state index in [-0.39, 0.29) is 16.8 Å². The topological polar surface area (TPSA) is 39.2 Å². The molecule has 0 spiro atoms. The molecule has 1 rings (SSSR count). The van der Waals surface area contributed by atoms with Gasteiger partial charge in [0.25, 0.3) is 0 Å². The summed E-state index contributed by atoms with van der Waals surface area (Å²) in [7, 11) is 1.16. The third-order valence-corrected chi connectivity index (χ3v) is 2.08. The molecule has 0 aliphatic rings. The fraction of sp³-hybridized carbons (Fsp3) is 0.400. The number of hydrogen-bond acceptors (Lipinski definition) is 3. The van der Waals surface area contributed by atoms with Crippen molar-refractivity contribution in [3.63, 3.8) is 0 Å². The lowest BCUT2D eigenvalue weighted by Crippen LogP contribution is -2.14. The molecule has 0 aliphatic carbocycles. The van der Waals surface area contributed by atoms with Gasteiger partial charge in [0.1, 0.15) is 5.69 Å². The highest BCUT2D eigenvalue weighted by Gasteiger charge is 2.35. The Hall–Kier alpha value is -1.59. The summed E-state index contributed by atoms with van der Waals surface area (Å²) in [5, 5.41) is 0. The molecule has 0 N–H and O–H groups in total. The van der Waals surface area contributed by atoms with E-state index in [4.69, 9.17) is 0 Å². The van der Waals surface area contributed by atoms with E-state index < -0.39 is 17.8 Å². The third kappa shape index (κ3) is 2.32. The zero-order chi connectivity index (χ0) is 12.5. The maximum Gasteiger partial charge on any atom is 0.433 e. The summed E-state index contributed by atoms with van der Waals surface area (Å²) in [6, 6.07) is 1.14. The van der Waals surface area contributed by atoms with E-state index in [1.807, 2.05) is 0 Å². The molecule has 3 nitrogen and oxygen atoms in total. The molecule has 16 heavy (non-hydrogen) atoms. The molecule has 1 aromatic heterocycles. The monoisotopic (exact) mass is 233 g/mol. The molecule has 0 saturated heterocycles. The minimum atomic E-state index is -4.51. The fourth-order valence-electron chi connectivity index (χ4n) is 1.31. The molecular weight excluding hydrogens is 223 g/mol. The Morgan fingerprint density at radius 1 is 1.38 bits per heavy atom. The molecule has 0 amide bonds. The van der Waals surface area contributed by atoms with E-state index in [1.54, 1.807) is 0 Å². The zero-order valence-corrected chi connectivity index (χ0v) is 8.97. The van der Waals surface area contributed by atoms with Gasteiger partial charge in [0.05, 0.1) is 18.4 Å². The first kappa shape index (κ1) is 12.5. The van der Waals surface area contributed by atoms with Crippen LogP contribution in [0.5, 0.6) is 0 Å². The van der Waals surface area contributed by atoms with Crippen molar-refractivity contribution in [2.75, 3.05) is 7.11 Å². The number of pyridine rings is 1. The highest BCUT2D eigenvalue weighted by molar-refractivity contribution is 5.90. The number of halogens is 3. The third-order valence-electron chi connectivity index (χ3n) is 2.08. The smallest absolute Gasteiger partial charge is 0.433 e. The maximum absolute atomic E-state index is 12.5. The van der Waals surface area contributed by atoms with Crippen molar-refractivity contribution in [1.29, 1.82) is 0 Å². The number of nitrogens with zero attached hydrogens (tertiary/aromatic N) is 1. The van der Waals surface area contributed by atoms with Crippen LogP contribution in [0.2, 0.25) is 0 Å². The van der Waals surface area contributed by atoms with E-state index in [0.717, 1.165) is 13.2 Å². The summed E-state index contributed by atoms with van der Waals surface area (Å²) >= 11 is 0. The molecule has 0 aromatic carbocycles. The van der Waals surface area contributed by atoms with E-state index in [1.165, 1.54) is 13.8 Å². The molecular formula is C10H10F3NO2. The Bertz CT molecular complexity index is 427. The van der Waals surface area contributed by atoms with Crippen molar-refractivity contribution in [1.82, 2.24) is 4.98 Å². The van der Waals surface area contributed by atoms with Gasteiger partial charge in [-0.2, -0.15) is 13.2 Å². The van der Waals surface area contributed by atoms with Gasteiger partial charge in [-0.05, 0) is 25.5 Å². The molecule has 1 aromatic rings. The summed E-state index contributed by atoms with van der Waals surface area (Å²) in [4.78, 5) is 14.6. The van der Waals surface area contributed by atoms with Crippen molar-refractivity contribution < 1.29 is 22.7 Å². The molecule has 0 bridgehead atoms. The maximum atomic E-state index is 12.5. The second kappa shape index (κ2) is 4.11. The number of aryl methyl sites for hydroxylation is 2. The second-order valence-corrected chi connectivity index (χ2v) is 3.28. The predicted octanol–water partition coefficient (Wildman–Crippen LogP) is 2.50.